The molecule has 5 heteroatoms. The predicted octanol–water partition coefficient (Wildman–Crippen LogP) is 1.94. The number of benzene rings is 1. The Morgan fingerprint density at radius 2 is 1.70 bits per heavy atom. The molecule has 2 amide bonds. The lowest BCUT2D eigenvalue weighted by molar-refractivity contribution is -0.144. The molecule has 0 aromatic heterocycles. The van der Waals surface area contributed by atoms with Crippen LogP contribution < -0.4 is 10.6 Å². The van der Waals surface area contributed by atoms with E-state index in [-0.39, 0.29) is 16.9 Å². The fraction of sp³-hybridized carbons (Fsp3) is 0.400. The van der Waals surface area contributed by atoms with Gasteiger partial charge >= 0.3 is 0 Å². The second-order valence-electron chi connectivity index (χ2n) is 5.09. The van der Waals surface area contributed by atoms with Crippen molar-refractivity contribution in [2.45, 2.75) is 32.6 Å². The van der Waals surface area contributed by atoms with Crippen molar-refractivity contribution in [1.29, 1.82) is 0 Å². The van der Waals surface area contributed by atoms with E-state index in [4.69, 9.17) is 12.2 Å². The summed E-state index contributed by atoms with van der Waals surface area (Å²) in [6.45, 7) is 2.04. The Labute approximate surface area is 123 Å². The van der Waals surface area contributed by atoms with Gasteiger partial charge < -0.3 is 10.6 Å². The Hall–Kier alpha value is -1.75. The molecule has 1 saturated heterocycles. The lowest BCUT2D eigenvalue weighted by atomic mass is 9.75. The molecule has 0 atom stereocenters. The lowest BCUT2D eigenvalue weighted by Gasteiger charge is -2.35. The molecule has 0 aliphatic carbocycles. The summed E-state index contributed by atoms with van der Waals surface area (Å²) in [6.07, 6.45) is 2.68. The van der Waals surface area contributed by atoms with E-state index in [1.807, 2.05) is 37.3 Å². The van der Waals surface area contributed by atoms with Gasteiger partial charge in [-0.2, -0.15) is 0 Å². The van der Waals surface area contributed by atoms with Gasteiger partial charge in [-0.15, -0.1) is 0 Å². The Morgan fingerprint density at radius 3 is 2.25 bits per heavy atom. The number of carbonyl (C=O) groups is 2. The molecule has 0 saturated carbocycles. The minimum absolute atomic E-state index is 0.0974. The van der Waals surface area contributed by atoms with Gasteiger partial charge in [0.05, 0.1) is 0 Å². The van der Waals surface area contributed by atoms with E-state index in [1.54, 1.807) is 0 Å². The largest absolute Gasteiger partial charge is 0.302 e. The zero-order valence-corrected chi connectivity index (χ0v) is 12.3. The zero-order chi connectivity index (χ0) is 14.6. The van der Waals surface area contributed by atoms with Crippen LogP contribution in [0.5, 0.6) is 0 Å². The number of unbranched alkanes of at least 4 members (excludes halogenated alkanes) is 1. The van der Waals surface area contributed by atoms with Crippen LogP contribution in [0.1, 0.15) is 31.7 Å². The third-order valence-corrected chi connectivity index (χ3v) is 3.83. The van der Waals surface area contributed by atoms with Crippen molar-refractivity contribution in [2.24, 2.45) is 5.41 Å². The highest BCUT2D eigenvalue weighted by Crippen LogP contribution is 2.32. The smallest absolute Gasteiger partial charge is 0.242 e. The number of thiocarbonyl (C=S) groups is 1. The van der Waals surface area contributed by atoms with Gasteiger partial charge in [0.2, 0.25) is 11.8 Å². The normalized spacial score (nSPS) is 17.6. The quantitative estimate of drug-likeness (QED) is 0.643. The van der Waals surface area contributed by atoms with E-state index in [9.17, 15) is 9.59 Å². The van der Waals surface area contributed by atoms with Gasteiger partial charge in [0.1, 0.15) is 5.41 Å². The maximum atomic E-state index is 12.4. The number of hydrogen-bond donors (Lipinski definition) is 2. The number of amides is 2. The van der Waals surface area contributed by atoms with E-state index in [0.717, 1.165) is 18.4 Å². The molecule has 1 heterocycles. The van der Waals surface area contributed by atoms with Crippen molar-refractivity contribution in [3.63, 3.8) is 0 Å². The SMILES string of the molecule is CCCCC1(Cc2ccccc2)C(=O)NC(=S)NC1=O. The minimum atomic E-state index is -1.06. The summed E-state index contributed by atoms with van der Waals surface area (Å²) in [4.78, 5) is 24.8. The molecular formula is C15H18N2O2S. The van der Waals surface area contributed by atoms with Crippen LogP contribution in [0.3, 0.4) is 0 Å². The molecule has 106 valence electrons. The first kappa shape index (κ1) is 14.7. The molecule has 1 aliphatic heterocycles. The van der Waals surface area contributed by atoms with Crippen LogP contribution in [-0.4, -0.2) is 16.9 Å². The molecule has 0 radical (unpaired) electrons. The molecule has 1 aromatic rings. The predicted molar refractivity (Wildman–Crippen MR) is 81.0 cm³/mol. The molecule has 1 fully saturated rings. The Bertz CT molecular complexity index is 508. The van der Waals surface area contributed by atoms with Crippen molar-refractivity contribution < 1.29 is 9.59 Å². The van der Waals surface area contributed by atoms with Crippen molar-refractivity contribution >= 4 is 29.1 Å². The fourth-order valence-corrected chi connectivity index (χ4v) is 2.66. The Morgan fingerprint density at radius 1 is 1.10 bits per heavy atom. The van der Waals surface area contributed by atoms with Crippen LogP contribution in [0, 0.1) is 5.41 Å². The molecule has 0 spiro atoms. The van der Waals surface area contributed by atoms with Crippen LogP contribution in [-0.2, 0) is 16.0 Å². The monoisotopic (exact) mass is 290 g/mol. The van der Waals surface area contributed by atoms with E-state index in [0.29, 0.717) is 12.8 Å². The average molecular weight is 290 g/mol. The molecule has 1 aromatic carbocycles. The zero-order valence-electron chi connectivity index (χ0n) is 11.4. The molecule has 1 aliphatic rings. The van der Waals surface area contributed by atoms with Crippen molar-refractivity contribution in [3.05, 3.63) is 35.9 Å². The van der Waals surface area contributed by atoms with Gasteiger partial charge in [-0.05, 0) is 30.6 Å². The van der Waals surface area contributed by atoms with Crippen LogP contribution >= 0.6 is 12.2 Å². The van der Waals surface area contributed by atoms with Gasteiger partial charge in [-0.3, -0.25) is 9.59 Å². The van der Waals surface area contributed by atoms with Crippen molar-refractivity contribution in [2.75, 3.05) is 0 Å². The van der Waals surface area contributed by atoms with E-state index >= 15 is 0 Å². The van der Waals surface area contributed by atoms with Crippen molar-refractivity contribution in [1.82, 2.24) is 10.6 Å². The van der Waals surface area contributed by atoms with Crippen LogP contribution in [0.25, 0.3) is 0 Å². The first-order valence-electron chi connectivity index (χ1n) is 6.79. The first-order chi connectivity index (χ1) is 9.58. The lowest BCUT2D eigenvalue weighted by Crippen LogP contribution is -2.63. The maximum Gasteiger partial charge on any atom is 0.242 e. The van der Waals surface area contributed by atoms with Gasteiger partial charge in [0.15, 0.2) is 5.11 Å². The second kappa shape index (κ2) is 6.13. The summed E-state index contributed by atoms with van der Waals surface area (Å²) in [5.41, 5.74) is -0.0821. The summed E-state index contributed by atoms with van der Waals surface area (Å²) < 4.78 is 0. The molecule has 0 unspecified atom stereocenters. The van der Waals surface area contributed by atoms with Gasteiger partial charge in [0.25, 0.3) is 0 Å². The molecule has 4 nitrogen and oxygen atoms in total. The standard InChI is InChI=1S/C15H18N2O2S/c1-2-3-9-15(10-11-7-5-4-6-8-11)12(18)16-14(20)17-13(15)19/h4-8H,2-3,9-10H2,1H3,(H2,16,17,18,19,20). The third-order valence-electron chi connectivity index (χ3n) is 3.63. The molecule has 2 N–H and O–H groups in total. The Kier molecular flexibility index (Phi) is 4.49. The highest BCUT2D eigenvalue weighted by Gasteiger charge is 2.48. The molecule has 20 heavy (non-hydrogen) atoms. The van der Waals surface area contributed by atoms with Crippen molar-refractivity contribution in [3.8, 4) is 0 Å². The third kappa shape index (κ3) is 2.88. The second-order valence-corrected chi connectivity index (χ2v) is 5.49. The fourth-order valence-electron chi connectivity index (χ4n) is 2.48. The van der Waals surface area contributed by atoms with Gasteiger partial charge in [-0.25, -0.2) is 0 Å². The van der Waals surface area contributed by atoms with Crippen LogP contribution in [0.2, 0.25) is 0 Å². The Balaban J connectivity index is 2.31. The number of hydrogen-bond acceptors (Lipinski definition) is 3. The minimum Gasteiger partial charge on any atom is -0.302 e. The average Bonchev–Trinajstić information content (AvgIpc) is 2.42. The molecular weight excluding hydrogens is 272 g/mol. The number of carbonyl (C=O) groups excluding carboxylic acids is 2. The van der Waals surface area contributed by atoms with Gasteiger partial charge in [-0.1, -0.05) is 50.1 Å². The first-order valence-corrected chi connectivity index (χ1v) is 7.20. The summed E-state index contributed by atoms with van der Waals surface area (Å²) in [6, 6.07) is 9.60. The number of rotatable bonds is 5. The molecule has 0 bridgehead atoms. The van der Waals surface area contributed by atoms with E-state index in [2.05, 4.69) is 10.6 Å². The van der Waals surface area contributed by atoms with Crippen LogP contribution in [0.15, 0.2) is 30.3 Å². The van der Waals surface area contributed by atoms with Crippen LogP contribution in [0.4, 0.5) is 0 Å². The summed E-state index contributed by atoms with van der Waals surface area (Å²) in [5.74, 6) is -0.577. The highest BCUT2D eigenvalue weighted by atomic mass is 32.1. The highest BCUT2D eigenvalue weighted by molar-refractivity contribution is 7.80. The topological polar surface area (TPSA) is 58.2 Å². The number of nitrogens with one attached hydrogen (secondary N) is 2. The maximum absolute atomic E-state index is 12.4. The van der Waals surface area contributed by atoms with E-state index in [1.165, 1.54) is 0 Å². The van der Waals surface area contributed by atoms with E-state index < -0.39 is 5.41 Å². The summed E-state index contributed by atoms with van der Waals surface area (Å²) in [7, 11) is 0. The summed E-state index contributed by atoms with van der Waals surface area (Å²) >= 11 is 4.88. The molecule has 2 rings (SSSR count). The summed E-state index contributed by atoms with van der Waals surface area (Å²) in [5, 5.41) is 5.28. The van der Waals surface area contributed by atoms with Gasteiger partial charge in [0, 0.05) is 0 Å².